The number of hydrogen-bond acceptors (Lipinski definition) is 3. The molecule has 1 unspecified atom stereocenters. The van der Waals surface area contributed by atoms with E-state index in [1.807, 2.05) is 52.0 Å². The lowest BCUT2D eigenvalue weighted by molar-refractivity contribution is -0.137. The van der Waals surface area contributed by atoms with Crippen LogP contribution in [0.5, 0.6) is 5.75 Å². The minimum Gasteiger partial charge on any atom is -0.425 e. The Morgan fingerprint density at radius 2 is 1.58 bits per heavy atom. The van der Waals surface area contributed by atoms with Crippen molar-refractivity contribution in [3.05, 3.63) is 65.2 Å². The van der Waals surface area contributed by atoms with Crippen LogP contribution in [0.4, 0.5) is 0 Å². The largest absolute Gasteiger partial charge is 0.425 e. The highest BCUT2D eigenvalue weighted by Crippen LogP contribution is 2.15. The van der Waals surface area contributed by atoms with E-state index >= 15 is 0 Å². The first-order chi connectivity index (χ1) is 11.4. The smallest absolute Gasteiger partial charge is 0.334 e. The number of nitrogens with one attached hydrogen (secondary N) is 1. The van der Waals surface area contributed by atoms with E-state index < -0.39 is 12.0 Å². The van der Waals surface area contributed by atoms with Crippen LogP contribution in [0.25, 0.3) is 0 Å². The van der Waals surface area contributed by atoms with Gasteiger partial charge < -0.3 is 10.1 Å². The number of ether oxygens (including phenoxy) is 1. The van der Waals surface area contributed by atoms with E-state index in [1.54, 1.807) is 24.3 Å². The zero-order chi connectivity index (χ0) is 17.7. The Morgan fingerprint density at radius 1 is 0.958 bits per heavy atom. The van der Waals surface area contributed by atoms with Crippen LogP contribution in [0.2, 0.25) is 0 Å². The van der Waals surface area contributed by atoms with Crippen molar-refractivity contribution in [1.29, 1.82) is 0 Å². The summed E-state index contributed by atoms with van der Waals surface area (Å²) in [5, 5.41) is 2.79. The number of carbonyl (C=O) groups is 2. The second-order valence-corrected chi connectivity index (χ2v) is 6.24. The summed E-state index contributed by atoms with van der Waals surface area (Å²) in [7, 11) is 0. The standard InChI is InChI=1S/C20H23NO3/c1-13(2)18(20(23)24-16-11-9-14(3)10-12-16)21-19(22)17-8-6-5-7-15(17)4/h5-13,18H,1-4H3,(H,21,22). The Kier molecular flexibility index (Phi) is 5.74. The van der Waals surface area contributed by atoms with E-state index in [0.29, 0.717) is 11.3 Å². The fraction of sp³-hybridized carbons (Fsp3) is 0.300. The number of hydrogen-bond donors (Lipinski definition) is 1. The third-order valence-corrected chi connectivity index (χ3v) is 3.84. The molecule has 0 spiro atoms. The van der Waals surface area contributed by atoms with Crippen molar-refractivity contribution >= 4 is 11.9 Å². The first-order valence-electron chi connectivity index (χ1n) is 8.03. The maximum absolute atomic E-state index is 12.5. The summed E-state index contributed by atoms with van der Waals surface area (Å²) in [4.78, 5) is 24.9. The molecule has 0 bridgehead atoms. The van der Waals surface area contributed by atoms with E-state index in [4.69, 9.17) is 4.74 Å². The number of aryl methyl sites for hydroxylation is 2. The predicted octanol–water partition coefficient (Wildman–Crippen LogP) is 3.66. The van der Waals surface area contributed by atoms with Crippen LogP contribution in [0.1, 0.15) is 35.3 Å². The molecule has 0 fully saturated rings. The first kappa shape index (κ1) is 17.7. The first-order valence-corrected chi connectivity index (χ1v) is 8.03. The normalized spacial score (nSPS) is 11.9. The van der Waals surface area contributed by atoms with Gasteiger partial charge in [-0.3, -0.25) is 4.79 Å². The second-order valence-electron chi connectivity index (χ2n) is 6.24. The molecule has 2 aromatic carbocycles. The molecule has 0 saturated carbocycles. The highest BCUT2D eigenvalue weighted by Gasteiger charge is 2.27. The van der Waals surface area contributed by atoms with Crippen LogP contribution in [0.15, 0.2) is 48.5 Å². The molecule has 1 atom stereocenters. The molecule has 1 amide bonds. The maximum atomic E-state index is 12.5. The Labute approximate surface area is 142 Å². The fourth-order valence-electron chi connectivity index (χ4n) is 2.33. The van der Waals surface area contributed by atoms with Gasteiger partial charge in [-0.25, -0.2) is 4.79 Å². The van der Waals surface area contributed by atoms with Gasteiger partial charge in [0.1, 0.15) is 11.8 Å². The van der Waals surface area contributed by atoms with Crippen molar-refractivity contribution in [2.45, 2.75) is 33.7 Å². The van der Waals surface area contributed by atoms with Crippen molar-refractivity contribution in [3.63, 3.8) is 0 Å². The third kappa shape index (κ3) is 4.44. The molecule has 0 heterocycles. The molecular formula is C20H23NO3. The van der Waals surface area contributed by atoms with E-state index in [1.165, 1.54) is 0 Å². The molecule has 0 aliphatic carbocycles. The van der Waals surface area contributed by atoms with Gasteiger partial charge >= 0.3 is 5.97 Å². The number of amides is 1. The van der Waals surface area contributed by atoms with Gasteiger partial charge in [0.05, 0.1) is 0 Å². The Balaban J connectivity index is 2.11. The summed E-state index contributed by atoms with van der Waals surface area (Å²) in [5.74, 6) is -0.347. The average molecular weight is 325 g/mol. The highest BCUT2D eigenvalue weighted by atomic mass is 16.5. The summed E-state index contributed by atoms with van der Waals surface area (Å²) in [6.45, 7) is 7.58. The van der Waals surface area contributed by atoms with Gasteiger partial charge in [-0.2, -0.15) is 0 Å². The van der Waals surface area contributed by atoms with Crippen LogP contribution < -0.4 is 10.1 Å². The topological polar surface area (TPSA) is 55.4 Å². The fourth-order valence-corrected chi connectivity index (χ4v) is 2.33. The van der Waals surface area contributed by atoms with Crippen molar-refractivity contribution < 1.29 is 14.3 Å². The van der Waals surface area contributed by atoms with E-state index in [-0.39, 0.29) is 11.8 Å². The van der Waals surface area contributed by atoms with E-state index in [9.17, 15) is 9.59 Å². The van der Waals surface area contributed by atoms with Gasteiger partial charge in [-0.15, -0.1) is 0 Å². The van der Waals surface area contributed by atoms with Crippen molar-refractivity contribution in [2.24, 2.45) is 5.92 Å². The average Bonchev–Trinajstić information content (AvgIpc) is 2.54. The molecule has 126 valence electrons. The molecule has 0 saturated heterocycles. The SMILES string of the molecule is Cc1ccc(OC(=O)C(NC(=O)c2ccccc2C)C(C)C)cc1. The van der Waals surface area contributed by atoms with E-state index in [0.717, 1.165) is 11.1 Å². The zero-order valence-electron chi connectivity index (χ0n) is 14.5. The number of carbonyl (C=O) groups excluding carboxylic acids is 2. The lowest BCUT2D eigenvalue weighted by atomic mass is 10.0. The quantitative estimate of drug-likeness (QED) is 0.674. The molecule has 0 aromatic heterocycles. The van der Waals surface area contributed by atoms with Crippen LogP contribution in [0.3, 0.4) is 0 Å². The molecule has 2 rings (SSSR count). The highest BCUT2D eigenvalue weighted by molar-refractivity contribution is 5.98. The van der Waals surface area contributed by atoms with Gasteiger partial charge in [-0.1, -0.05) is 49.7 Å². The molecule has 4 nitrogen and oxygen atoms in total. The summed E-state index contributed by atoms with van der Waals surface area (Å²) in [6.07, 6.45) is 0. The molecule has 4 heteroatoms. The number of esters is 1. The number of benzene rings is 2. The lowest BCUT2D eigenvalue weighted by Crippen LogP contribution is -2.46. The minimum atomic E-state index is -0.710. The third-order valence-electron chi connectivity index (χ3n) is 3.84. The molecule has 0 aliphatic heterocycles. The molecule has 24 heavy (non-hydrogen) atoms. The monoisotopic (exact) mass is 325 g/mol. The Hall–Kier alpha value is -2.62. The molecule has 0 radical (unpaired) electrons. The summed E-state index contributed by atoms with van der Waals surface area (Å²) in [6, 6.07) is 13.8. The molecular weight excluding hydrogens is 302 g/mol. The molecule has 1 N–H and O–H groups in total. The van der Waals surface area contributed by atoms with Crippen LogP contribution >= 0.6 is 0 Å². The van der Waals surface area contributed by atoms with Gasteiger partial charge in [-0.05, 0) is 43.5 Å². The number of rotatable bonds is 5. The van der Waals surface area contributed by atoms with Gasteiger partial charge in [0.2, 0.25) is 0 Å². The summed E-state index contributed by atoms with van der Waals surface area (Å²) in [5.41, 5.74) is 2.51. The summed E-state index contributed by atoms with van der Waals surface area (Å²) >= 11 is 0. The Morgan fingerprint density at radius 3 is 2.17 bits per heavy atom. The maximum Gasteiger partial charge on any atom is 0.334 e. The minimum absolute atomic E-state index is 0.0871. The molecule has 0 aliphatic rings. The van der Waals surface area contributed by atoms with Crippen molar-refractivity contribution in [2.75, 3.05) is 0 Å². The summed E-state index contributed by atoms with van der Waals surface area (Å²) < 4.78 is 5.41. The van der Waals surface area contributed by atoms with Gasteiger partial charge in [0, 0.05) is 5.56 Å². The van der Waals surface area contributed by atoms with E-state index in [2.05, 4.69) is 5.32 Å². The van der Waals surface area contributed by atoms with Crippen LogP contribution in [-0.4, -0.2) is 17.9 Å². The second kappa shape index (κ2) is 7.77. The zero-order valence-corrected chi connectivity index (χ0v) is 14.5. The van der Waals surface area contributed by atoms with Gasteiger partial charge in [0.25, 0.3) is 5.91 Å². The van der Waals surface area contributed by atoms with Crippen LogP contribution in [0, 0.1) is 19.8 Å². The van der Waals surface area contributed by atoms with Crippen molar-refractivity contribution in [1.82, 2.24) is 5.32 Å². The van der Waals surface area contributed by atoms with Crippen LogP contribution in [-0.2, 0) is 4.79 Å². The Bertz CT molecular complexity index is 720. The van der Waals surface area contributed by atoms with Gasteiger partial charge in [0.15, 0.2) is 0 Å². The lowest BCUT2D eigenvalue weighted by Gasteiger charge is -2.21. The molecule has 2 aromatic rings. The van der Waals surface area contributed by atoms with Crippen molar-refractivity contribution in [3.8, 4) is 5.75 Å². The predicted molar refractivity (Wildman–Crippen MR) is 94.1 cm³/mol.